The van der Waals surface area contributed by atoms with Gasteiger partial charge in [-0.2, -0.15) is 0 Å². The van der Waals surface area contributed by atoms with E-state index in [4.69, 9.17) is 4.74 Å². The van der Waals surface area contributed by atoms with E-state index in [2.05, 4.69) is 54.8 Å². The van der Waals surface area contributed by atoms with Crippen LogP contribution < -0.4 is 15.1 Å². The van der Waals surface area contributed by atoms with Crippen LogP contribution in [0.2, 0.25) is 0 Å². The molecule has 2 aliphatic rings. The Bertz CT molecular complexity index is 1060. The summed E-state index contributed by atoms with van der Waals surface area (Å²) in [5.41, 5.74) is 3.92. The summed E-state index contributed by atoms with van der Waals surface area (Å²) < 4.78 is 7.48. The Morgan fingerprint density at radius 2 is 1.84 bits per heavy atom. The molecule has 8 nitrogen and oxygen atoms in total. The number of morpholine rings is 1. The van der Waals surface area contributed by atoms with Crippen molar-refractivity contribution in [3.05, 3.63) is 48.2 Å². The van der Waals surface area contributed by atoms with E-state index in [1.807, 2.05) is 24.3 Å². The second kappa shape index (κ2) is 8.55. The summed E-state index contributed by atoms with van der Waals surface area (Å²) in [7, 11) is 0. The molecule has 2 aromatic heterocycles. The monoisotopic (exact) mass is 420 g/mol. The molecule has 1 amide bonds. The smallest absolute Gasteiger partial charge is 0.231 e. The number of ether oxygens (including phenoxy) is 1. The Labute approximate surface area is 181 Å². The van der Waals surface area contributed by atoms with Crippen molar-refractivity contribution < 1.29 is 9.53 Å². The molecule has 5 rings (SSSR count). The van der Waals surface area contributed by atoms with Crippen LogP contribution in [-0.4, -0.2) is 59.9 Å². The average Bonchev–Trinajstić information content (AvgIpc) is 3.26. The van der Waals surface area contributed by atoms with Gasteiger partial charge in [-0.1, -0.05) is 6.07 Å². The van der Waals surface area contributed by atoms with Gasteiger partial charge in [0.25, 0.3) is 0 Å². The summed E-state index contributed by atoms with van der Waals surface area (Å²) in [5, 5.41) is 11.8. The molecule has 8 heteroatoms. The van der Waals surface area contributed by atoms with Gasteiger partial charge in [-0.25, -0.2) is 0 Å². The lowest BCUT2D eigenvalue weighted by Crippen LogP contribution is -2.41. The molecular formula is C23H28N6O2. The maximum Gasteiger partial charge on any atom is 0.231 e. The average molecular weight is 421 g/mol. The highest BCUT2D eigenvalue weighted by Crippen LogP contribution is 2.25. The topological polar surface area (TPSA) is 75.0 Å². The molecule has 0 bridgehead atoms. The molecule has 0 saturated carbocycles. The maximum atomic E-state index is 13.0. The molecule has 2 saturated heterocycles. The lowest BCUT2D eigenvalue weighted by molar-refractivity contribution is -0.120. The van der Waals surface area contributed by atoms with Crippen LogP contribution >= 0.6 is 0 Å². The van der Waals surface area contributed by atoms with E-state index in [1.165, 1.54) is 5.69 Å². The number of carbonyl (C=O) groups excluding carboxylic acids is 1. The normalized spacial score (nSPS) is 19.6. The molecule has 0 unspecified atom stereocenters. The van der Waals surface area contributed by atoms with Crippen molar-refractivity contribution in [2.45, 2.75) is 19.8 Å². The van der Waals surface area contributed by atoms with E-state index < -0.39 is 0 Å². The van der Waals surface area contributed by atoms with Crippen molar-refractivity contribution in [2.75, 3.05) is 54.5 Å². The zero-order valence-electron chi connectivity index (χ0n) is 17.8. The van der Waals surface area contributed by atoms with Crippen LogP contribution in [0.25, 0.3) is 5.65 Å². The number of nitrogens with zero attached hydrogens (tertiary/aromatic N) is 5. The maximum absolute atomic E-state index is 13.0. The molecule has 0 radical (unpaired) electrons. The number of hydrogen-bond donors (Lipinski definition) is 1. The minimum absolute atomic E-state index is 0.0642. The van der Waals surface area contributed by atoms with E-state index >= 15 is 0 Å². The van der Waals surface area contributed by atoms with E-state index in [0.29, 0.717) is 6.54 Å². The summed E-state index contributed by atoms with van der Waals surface area (Å²) in [4.78, 5) is 17.5. The molecule has 0 aliphatic carbocycles. The standard InChI is InChI=1S/C23H28N6O2/c1-17-4-2-6-21-25-26-23(29(17)21)28-11-3-5-18(16-28)22(30)24-19-7-9-20(10-8-19)27-12-14-31-15-13-27/h2,4,6-10,18H,3,5,11-16H2,1H3,(H,24,30)/t18-/m0/s1. The SMILES string of the molecule is Cc1cccc2nnc(N3CCC[C@H](C(=O)Nc4ccc(N5CCOCC5)cc4)C3)n12. The van der Waals surface area contributed by atoms with Crippen molar-refractivity contribution in [3.8, 4) is 0 Å². The zero-order chi connectivity index (χ0) is 21.2. The summed E-state index contributed by atoms with van der Waals surface area (Å²) in [6.45, 7) is 6.91. The van der Waals surface area contributed by atoms with E-state index in [-0.39, 0.29) is 11.8 Å². The Hall–Kier alpha value is -3.13. The van der Waals surface area contributed by atoms with Gasteiger partial charge in [0.05, 0.1) is 19.1 Å². The number of anilines is 3. The molecule has 1 atom stereocenters. The van der Waals surface area contributed by atoms with Crippen molar-refractivity contribution in [1.82, 2.24) is 14.6 Å². The Balaban J connectivity index is 1.25. The number of aromatic nitrogens is 3. The van der Waals surface area contributed by atoms with Crippen LogP contribution in [-0.2, 0) is 9.53 Å². The second-order valence-corrected chi connectivity index (χ2v) is 8.28. The third-order valence-corrected chi connectivity index (χ3v) is 6.19. The molecular weight excluding hydrogens is 392 g/mol. The minimum atomic E-state index is -0.0796. The third-order valence-electron chi connectivity index (χ3n) is 6.19. The Morgan fingerprint density at radius 3 is 2.65 bits per heavy atom. The summed E-state index contributed by atoms with van der Waals surface area (Å²) in [6.07, 6.45) is 1.83. The lowest BCUT2D eigenvalue weighted by atomic mass is 9.97. The van der Waals surface area contributed by atoms with E-state index in [0.717, 1.165) is 68.7 Å². The molecule has 2 aliphatic heterocycles. The largest absolute Gasteiger partial charge is 0.378 e. The molecule has 2 fully saturated rings. The van der Waals surface area contributed by atoms with Crippen LogP contribution in [0.1, 0.15) is 18.5 Å². The number of nitrogens with one attached hydrogen (secondary N) is 1. The van der Waals surface area contributed by atoms with Gasteiger partial charge >= 0.3 is 0 Å². The van der Waals surface area contributed by atoms with Gasteiger partial charge in [-0.3, -0.25) is 9.20 Å². The number of piperidine rings is 1. The van der Waals surface area contributed by atoms with Crippen molar-refractivity contribution >= 4 is 28.9 Å². The first kappa shape index (κ1) is 19.8. The highest BCUT2D eigenvalue weighted by molar-refractivity contribution is 5.93. The number of rotatable bonds is 4. The molecule has 31 heavy (non-hydrogen) atoms. The predicted molar refractivity (Wildman–Crippen MR) is 121 cm³/mol. The third kappa shape index (κ3) is 4.07. The first-order chi connectivity index (χ1) is 15.2. The van der Waals surface area contributed by atoms with Crippen molar-refractivity contribution in [1.29, 1.82) is 0 Å². The predicted octanol–water partition coefficient (Wildman–Crippen LogP) is 2.73. The highest BCUT2D eigenvalue weighted by atomic mass is 16.5. The number of fused-ring (bicyclic) bond motifs is 1. The lowest BCUT2D eigenvalue weighted by Gasteiger charge is -2.32. The molecule has 3 aromatic rings. The number of aryl methyl sites for hydroxylation is 1. The van der Waals surface area contributed by atoms with Crippen LogP contribution in [0.15, 0.2) is 42.5 Å². The van der Waals surface area contributed by atoms with Gasteiger partial charge in [0, 0.05) is 43.2 Å². The van der Waals surface area contributed by atoms with Gasteiger partial charge in [0.2, 0.25) is 11.9 Å². The summed E-state index contributed by atoms with van der Waals surface area (Å²) in [5.74, 6) is 0.805. The number of carbonyl (C=O) groups is 1. The molecule has 162 valence electrons. The Kier molecular flexibility index (Phi) is 5.46. The van der Waals surface area contributed by atoms with Crippen molar-refractivity contribution in [3.63, 3.8) is 0 Å². The summed E-state index contributed by atoms with van der Waals surface area (Å²) >= 11 is 0. The molecule has 1 N–H and O–H groups in total. The molecule has 4 heterocycles. The Morgan fingerprint density at radius 1 is 1.03 bits per heavy atom. The fourth-order valence-electron chi connectivity index (χ4n) is 4.48. The van der Waals surface area contributed by atoms with Crippen LogP contribution in [0.5, 0.6) is 0 Å². The van der Waals surface area contributed by atoms with Gasteiger partial charge < -0.3 is 19.9 Å². The molecule has 1 aromatic carbocycles. The van der Waals surface area contributed by atoms with Crippen LogP contribution in [0.3, 0.4) is 0 Å². The quantitative estimate of drug-likeness (QED) is 0.700. The number of amides is 1. The summed E-state index contributed by atoms with van der Waals surface area (Å²) in [6, 6.07) is 14.1. The van der Waals surface area contributed by atoms with Crippen LogP contribution in [0.4, 0.5) is 17.3 Å². The number of benzene rings is 1. The first-order valence-electron chi connectivity index (χ1n) is 11.0. The van der Waals surface area contributed by atoms with E-state index in [1.54, 1.807) is 0 Å². The number of hydrogen-bond acceptors (Lipinski definition) is 6. The second-order valence-electron chi connectivity index (χ2n) is 8.28. The van der Waals surface area contributed by atoms with Gasteiger partial charge in [-0.05, 0) is 56.2 Å². The molecule has 0 spiro atoms. The van der Waals surface area contributed by atoms with Gasteiger partial charge in [-0.15, -0.1) is 10.2 Å². The zero-order valence-corrected chi connectivity index (χ0v) is 17.8. The van der Waals surface area contributed by atoms with Crippen molar-refractivity contribution in [2.24, 2.45) is 5.92 Å². The minimum Gasteiger partial charge on any atom is -0.378 e. The first-order valence-corrected chi connectivity index (χ1v) is 11.0. The number of pyridine rings is 1. The fraction of sp³-hybridized carbons (Fsp3) is 0.435. The van der Waals surface area contributed by atoms with E-state index in [9.17, 15) is 4.79 Å². The van der Waals surface area contributed by atoms with Gasteiger partial charge in [0.15, 0.2) is 5.65 Å². The van der Waals surface area contributed by atoms with Crippen LogP contribution in [0, 0.1) is 12.8 Å². The van der Waals surface area contributed by atoms with Gasteiger partial charge in [0.1, 0.15) is 0 Å². The highest BCUT2D eigenvalue weighted by Gasteiger charge is 2.28. The fourth-order valence-corrected chi connectivity index (χ4v) is 4.48.